The molecule has 1 aliphatic heterocycles. The van der Waals surface area contributed by atoms with Crippen molar-refractivity contribution < 1.29 is 9.59 Å². The van der Waals surface area contributed by atoms with E-state index < -0.39 is 0 Å². The molecule has 154 valence electrons. The van der Waals surface area contributed by atoms with Crippen molar-refractivity contribution in [2.75, 3.05) is 6.54 Å². The number of benzene rings is 2. The van der Waals surface area contributed by atoms with E-state index in [4.69, 9.17) is 0 Å². The van der Waals surface area contributed by atoms with Crippen LogP contribution in [0, 0.1) is 6.92 Å². The summed E-state index contributed by atoms with van der Waals surface area (Å²) in [5.41, 5.74) is 3.99. The number of amides is 2. The van der Waals surface area contributed by atoms with Crippen LogP contribution in [0.5, 0.6) is 0 Å². The van der Waals surface area contributed by atoms with Crippen molar-refractivity contribution >= 4 is 27.7 Å². The highest BCUT2D eigenvalue weighted by Gasteiger charge is 2.26. The molecule has 1 aromatic heterocycles. The molecular weight excluding hydrogens is 444 g/mol. The third-order valence-corrected chi connectivity index (χ3v) is 5.98. The second-order valence-electron chi connectivity index (χ2n) is 7.48. The first-order chi connectivity index (χ1) is 14.5. The summed E-state index contributed by atoms with van der Waals surface area (Å²) >= 11 is 3.48. The third kappa shape index (κ3) is 4.46. The molecule has 4 rings (SSSR count). The van der Waals surface area contributed by atoms with E-state index >= 15 is 0 Å². The molecule has 2 amide bonds. The van der Waals surface area contributed by atoms with E-state index in [1.54, 1.807) is 10.7 Å². The largest absolute Gasteiger partial charge is 0.347 e. The van der Waals surface area contributed by atoms with Crippen LogP contribution in [0.4, 0.5) is 0 Å². The van der Waals surface area contributed by atoms with E-state index in [0.29, 0.717) is 31.9 Å². The standard InChI is InChI=1S/C23H23BrN4O2/c1-16-7-9-17(10-8-16)15-27-11-4-12-28-21(23(27)30)13-20(26-28)22(29)25-14-18-5-2-3-6-19(18)24/h2-3,5-10,13H,4,11-12,14-15H2,1H3,(H,25,29). The average molecular weight is 467 g/mol. The van der Waals surface area contributed by atoms with Gasteiger partial charge in [-0.25, -0.2) is 0 Å². The summed E-state index contributed by atoms with van der Waals surface area (Å²) in [5, 5.41) is 7.28. The van der Waals surface area contributed by atoms with Crippen LogP contribution in [0.3, 0.4) is 0 Å². The van der Waals surface area contributed by atoms with Gasteiger partial charge in [0, 0.05) is 36.7 Å². The maximum atomic E-state index is 13.1. The smallest absolute Gasteiger partial charge is 0.272 e. The van der Waals surface area contributed by atoms with Gasteiger partial charge in [-0.15, -0.1) is 0 Å². The minimum Gasteiger partial charge on any atom is -0.347 e. The molecular formula is C23H23BrN4O2. The Morgan fingerprint density at radius 1 is 1.13 bits per heavy atom. The van der Waals surface area contributed by atoms with Gasteiger partial charge in [-0.3, -0.25) is 14.3 Å². The van der Waals surface area contributed by atoms with Crippen molar-refractivity contribution in [2.45, 2.75) is 33.0 Å². The SMILES string of the molecule is Cc1ccc(CN2CCCn3nc(C(=O)NCc4ccccc4Br)cc3C2=O)cc1. The molecule has 1 aliphatic rings. The molecule has 3 aromatic rings. The van der Waals surface area contributed by atoms with E-state index in [0.717, 1.165) is 22.0 Å². The van der Waals surface area contributed by atoms with Gasteiger partial charge in [0.15, 0.2) is 5.69 Å². The van der Waals surface area contributed by atoms with Gasteiger partial charge < -0.3 is 10.2 Å². The van der Waals surface area contributed by atoms with Gasteiger partial charge in [0.1, 0.15) is 5.69 Å². The number of fused-ring (bicyclic) bond motifs is 1. The number of aryl methyl sites for hydroxylation is 2. The van der Waals surface area contributed by atoms with E-state index in [-0.39, 0.29) is 17.5 Å². The number of nitrogens with one attached hydrogen (secondary N) is 1. The lowest BCUT2D eigenvalue weighted by molar-refractivity contribution is 0.0745. The maximum absolute atomic E-state index is 13.1. The second kappa shape index (κ2) is 8.83. The van der Waals surface area contributed by atoms with E-state index in [1.165, 1.54) is 5.56 Å². The lowest BCUT2D eigenvalue weighted by Crippen LogP contribution is -2.30. The Hall–Kier alpha value is -2.93. The monoisotopic (exact) mass is 466 g/mol. The first-order valence-electron chi connectivity index (χ1n) is 9.95. The Morgan fingerprint density at radius 3 is 2.67 bits per heavy atom. The first-order valence-corrected chi connectivity index (χ1v) is 10.7. The summed E-state index contributed by atoms with van der Waals surface area (Å²) in [6, 6.07) is 17.5. The van der Waals surface area contributed by atoms with Crippen molar-refractivity contribution in [2.24, 2.45) is 0 Å². The second-order valence-corrected chi connectivity index (χ2v) is 8.33. The van der Waals surface area contributed by atoms with Crippen molar-refractivity contribution in [3.05, 3.63) is 87.1 Å². The lowest BCUT2D eigenvalue weighted by Gasteiger charge is -2.20. The molecule has 0 atom stereocenters. The van der Waals surface area contributed by atoms with Crippen molar-refractivity contribution in [3.8, 4) is 0 Å². The number of hydrogen-bond acceptors (Lipinski definition) is 3. The molecule has 2 aromatic carbocycles. The molecule has 0 fully saturated rings. The van der Waals surface area contributed by atoms with Gasteiger partial charge in [-0.1, -0.05) is 64.0 Å². The topological polar surface area (TPSA) is 67.2 Å². The number of nitrogens with zero attached hydrogens (tertiary/aromatic N) is 3. The number of carbonyl (C=O) groups excluding carboxylic acids is 2. The Bertz CT molecular complexity index is 1080. The molecule has 6 nitrogen and oxygen atoms in total. The van der Waals surface area contributed by atoms with Crippen LogP contribution < -0.4 is 5.32 Å². The summed E-state index contributed by atoms with van der Waals surface area (Å²) in [7, 11) is 0. The molecule has 7 heteroatoms. The van der Waals surface area contributed by atoms with E-state index in [2.05, 4.69) is 38.5 Å². The Labute approximate surface area is 184 Å². The summed E-state index contributed by atoms with van der Waals surface area (Å²) < 4.78 is 2.60. The normalized spacial score (nSPS) is 13.7. The highest BCUT2D eigenvalue weighted by Crippen LogP contribution is 2.18. The number of aromatic nitrogens is 2. The predicted molar refractivity (Wildman–Crippen MR) is 118 cm³/mol. The van der Waals surface area contributed by atoms with Crippen LogP contribution >= 0.6 is 15.9 Å². The number of rotatable bonds is 5. The molecule has 1 N–H and O–H groups in total. The van der Waals surface area contributed by atoms with E-state index in [1.807, 2.05) is 48.2 Å². The molecule has 2 heterocycles. The zero-order valence-corrected chi connectivity index (χ0v) is 18.4. The quantitative estimate of drug-likeness (QED) is 0.619. The molecule has 0 unspecified atom stereocenters. The molecule has 0 saturated heterocycles. The fourth-order valence-corrected chi connectivity index (χ4v) is 3.94. The Kier molecular flexibility index (Phi) is 5.99. The molecule has 0 bridgehead atoms. The van der Waals surface area contributed by atoms with Crippen LogP contribution in [0.2, 0.25) is 0 Å². The summed E-state index contributed by atoms with van der Waals surface area (Å²) in [5.74, 6) is -0.380. The highest BCUT2D eigenvalue weighted by molar-refractivity contribution is 9.10. The highest BCUT2D eigenvalue weighted by atomic mass is 79.9. The van der Waals surface area contributed by atoms with Gasteiger partial charge >= 0.3 is 0 Å². The fourth-order valence-electron chi connectivity index (χ4n) is 3.52. The predicted octanol–water partition coefficient (Wildman–Crippen LogP) is 3.93. The number of carbonyl (C=O) groups is 2. The Morgan fingerprint density at radius 2 is 1.90 bits per heavy atom. The lowest BCUT2D eigenvalue weighted by atomic mass is 10.1. The molecule has 0 saturated carbocycles. The first kappa shape index (κ1) is 20.3. The third-order valence-electron chi connectivity index (χ3n) is 5.21. The van der Waals surface area contributed by atoms with E-state index in [9.17, 15) is 9.59 Å². The van der Waals surface area contributed by atoms with Gasteiger partial charge in [0.2, 0.25) is 0 Å². The van der Waals surface area contributed by atoms with Crippen LogP contribution in [0.15, 0.2) is 59.1 Å². The van der Waals surface area contributed by atoms with Gasteiger partial charge in [-0.2, -0.15) is 5.10 Å². The molecule has 0 radical (unpaired) electrons. The Balaban J connectivity index is 1.47. The van der Waals surface area contributed by atoms with Crippen LogP contribution in [-0.2, 0) is 19.6 Å². The zero-order chi connectivity index (χ0) is 21.1. The van der Waals surface area contributed by atoms with Gasteiger partial charge in [0.05, 0.1) is 0 Å². The van der Waals surface area contributed by atoms with Crippen LogP contribution in [0.25, 0.3) is 0 Å². The summed E-state index contributed by atoms with van der Waals surface area (Å²) in [4.78, 5) is 27.5. The molecule has 30 heavy (non-hydrogen) atoms. The van der Waals surface area contributed by atoms with Crippen molar-refractivity contribution in [1.82, 2.24) is 20.0 Å². The fraction of sp³-hybridized carbons (Fsp3) is 0.261. The minimum atomic E-state index is -0.288. The molecule has 0 aliphatic carbocycles. The van der Waals surface area contributed by atoms with Crippen LogP contribution in [-0.4, -0.2) is 33.0 Å². The number of halogens is 1. The van der Waals surface area contributed by atoms with Crippen LogP contribution in [0.1, 0.15) is 44.1 Å². The van der Waals surface area contributed by atoms with Crippen molar-refractivity contribution in [1.29, 1.82) is 0 Å². The van der Waals surface area contributed by atoms with Crippen molar-refractivity contribution in [3.63, 3.8) is 0 Å². The minimum absolute atomic E-state index is 0.0922. The van der Waals surface area contributed by atoms with Gasteiger partial charge in [0.25, 0.3) is 11.8 Å². The average Bonchev–Trinajstić information content (AvgIpc) is 3.12. The zero-order valence-electron chi connectivity index (χ0n) is 16.8. The molecule has 0 spiro atoms. The number of hydrogen-bond donors (Lipinski definition) is 1. The summed E-state index contributed by atoms with van der Waals surface area (Å²) in [6.07, 6.45) is 0.796. The van der Waals surface area contributed by atoms with Gasteiger partial charge in [-0.05, 0) is 30.5 Å². The maximum Gasteiger partial charge on any atom is 0.272 e. The summed E-state index contributed by atoms with van der Waals surface area (Å²) in [6.45, 7) is 4.26.